The molecular weight excluding hydrogens is 464 g/mol. The molecule has 200 valence electrons. The maximum Gasteiger partial charge on any atom is 0.405 e. The second kappa shape index (κ2) is 14.0. The van der Waals surface area contributed by atoms with Crippen molar-refractivity contribution in [3.63, 3.8) is 0 Å². The van der Waals surface area contributed by atoms with Gasteiger partial charge in [-0.05, 0) is 67.9 Å². The van der Waals surface area contributed by atoms with Crippen molar-refractivity contribution in [2.75, 3.05) is 19.5 Å². The number of carbonyl (C=O) groups excluding carboxylic acids is 2. The average Bonchev–Trinajstić information content (AvgIpc) is 2.79. The summed E-state index contributed by atoms with van der Waals surface area (Å²) in [5, 5.41) is 24.0. The first-order valence-corrected chi connectivity index (χ1v) is 12.2. The highest BCUT2D eigenvalue weighted by molar-refractivity contribution is 5.99. The molecule has 1 aromatic carbocycles. The van der Waals surface area contributed by atoms with Crippen LogP contribution in [-0.4, -0.2) is 60.8 Å². The molecule has 9 heteroatoms. The average molecular weight is 505 g/mol. The van der Waals surface area contributed by atoms with Gasteiger partial charge in [0.2, 0.25) is 5.91 Å². The minimum atomic E-state index is -0.926. The number of nitrogens with two attached hydrogens (primary N) is 1. The van der Waals surface area contributed by atoms with E-state index in [9.17, 15) is 19.8 Å². The van der Waals surface area contributed by atoms with Gasteiger partial charge in [-0.1, -0.05) is 26.0 Å². The molecule has 9 nitrogen and oxygen atoms in total. The summed E-state index contributed by atoms with van der Waals surface area (Å²) >= 11 is 0. The van der Waals surface area contributed by atoms with Gasteiger partial charge < -0.3 is 35.5 Å². The molecule has 1 aliphatic rings. The summed E-state index contributed by atoms with van der Waals surface area (Å²) in [6.07, 6.45) is 3.63. The minimum absolute atomic E-state index is 0.0610. The van der Waals surface area contributed by atoms with Gasteiger partial charge in [-0.3, -0.25) is 4.79 Å². The zero-order valence-electron chi connectivity index (χ0n) is 21.8. The number of aromatic hydroxyl groups is 1. The second-order valence-electron chi connectivity index (χ2n) is 9.57. The van der Waals surface area contributed by atoms with Crippen LogP contribution in [0.15, 0.2) is 42.0 Å². The van der Waals surface area contributed by atoms with Crippen LogP contribution in [0, 0.1) is 11.8 Å². The number of allylic oxidation sites excluding steroid dienone is 1. The predicted molar refractivity (Wildman–Crippen MR) is 138 cm³/mol. The van der Waals surface area contributed by atoms with Crippen LogP contribution in [0.25, 0.3) is 0 Å². The van der Waals surface area contributed by atoms with Gasteiger partial charge in [0.1, 0.15) is 5.75 Å². The lowest BCUT2D eigenvalue weighted by molar-refractivity contribution is -0.111. The van der Waals surface area contributed by atoms with Crippen molar-refractivity contribution >= 4 is 17.7 Å². The quantitative estimate of drug-likeness (QED) is 0.460. The van der Waals surface area contributed by atoms with Crippen molar-refractivity contribution < 1.29 is 34.0 Å². The number of phenolic OH excluding ortho intramolecular Hbond substituents is 1. The zero-order valence-corrected chi connectivity index (χ0v) is 21.8. The van der Waals surface area contributed by atoms with Crippen molar-refractivity contribution in [3.05, 3.63) is 47.6 Å². The van der Waals surface area contributed by atoms with Crippen molar-refractivity contribution in [2.24, 2.45) is 17.6 Å². The molecular formula is C27H40N2O7. The molecule has 1 aromatic rings. The van der Waals surface area contributed by atoms with Gasteiger partial charge in [0.25, 0.3) is 0 Å². The van der Waals surface area contributed by atoms with Crippen LogP contribution in [-0.2, 0) is 25.4 Å². The Morgan fingerprint density at radius 1 is 1.14 bits per heavy atom. The van der Waals surface area contributed by atoms with Gasteiger partial charge in [-0.2, -0.15) is 0 Å². The van der Waals surface area contributed by atoms with Crippen molar-refractivity contribution in [1.82, 2.24) is 0 Å². The van der Waals surface area contributed by atoms with Crippen LogP contribution < -0.4 is 11.1 Å². The number of aliphatic hydroxyl groups is 1. The first-order valence-electron chi connectivity index (χ1n) is 12.2. The van der Waals surface area contributed by atoms with Crippen molar-refractivity contribution in [1.29, 1.82) is 0 Å². The van der Waals surface area contributed by atoms with E-state index in [2.05, 4.69) is 5.32 Å². The van der Waals surface area contributed by atoms with Gasteiger partial charge in [-0.15, -0.1) is 0 Å². The van der Waals surface area contributed by atoms with E-state index in [-0.39, 0.29) is 23.5 Å². The van der Waals surface area contributed by atoms with Gasteiger partial charge in [0.05, 0.1) is 18.3 Å². The molecule has 0 aromatic heterocycles. The molecule has 6 atom stereocenters. The van der Waals surface area contributed by atoms with Crippen LogP contribution in [0.3, 0.4) is 0 Å². The molecule has 0 saturated heterocycles. The predicted octanol–water partition coefficient (Wildman–Crippen LogP) is 3.69. The number of ether oxygens (including phenoxy) is 3. The molecule has 0 radical (unpaired) electrons. The summed E-state index contributed by atoms with van der Waals surface area (Å²) in [6.45, 7) is 5.72. The van der Waals surface area contributed by atoms with Gasteiger partial charge >= 0.3 is 6.09 Å². The van der Waals surface area contributed by atoms with E-state index in [1.54, 1.807) is 26.2 Å². The lowest BCUT2D eigenvalue weighted by Gasteiger charge is -2.30. The van der Waals surface area contributed by atoms with E-state index >= 15 is 0 Å². The number of nitrogens with one attached hydrogen (secondary N) is 1. The summed E-state index contributed by atoms with van der Waals surface area (Å²) in [6, 6.07) is 4.99. The van der Waals surface area contributed by atoms with Crippen molar-refractivity contribution in [2.45, 2.75) is 70.9 Å². The Hall–Kier alpha value is -2.88. The maximum absolute atomic E-state index is 12.4. The number of amides is 2. The number of benzene rings is 1. The largest absolute Gasteiger partial charge is 0.508 e. The lowest BCUT2D eigenvalue weighted by Crippen LogP contribution is -2.37. The number of methoxy groups -OCH3 is 2. The molecule has 2 rings (SSSR count). The monoisotopic (exact) mass is 504 g/mol. The van der Waals surface area contributed by atoms with Crippen LogP contribution in [0.4, 0.5) is 10.5 Å². The van der Waals surface area contributed by atoms with Crippen LogP contribution in [0.5, 0.6) is 5.75 Å². The van der Waals surface area contributed by atoms with E-state index in [4.69, 9.17) is 19.9 Å². The number of hydrogen-bond donors (Lipinski definition) is 4. The van der Waals surface area contributed by atoms with Gasteiger partial charge in [0, 0.05) is 31.9 Å². The molecule has 2 amide bonds. The highest BCUT2D eigenvalue weighted by Gasteiger charge is 2.29. The molecule has 0 spiro atoms. The number of carbonyl (C=O) groups is 2. The van der Waals surface area contributed by atoms with Crippen molar-refractivity contribution in [3.8, 4) is 5.75 Å². The lowest BCUT2D eigenvalue weighted by atomic mass is 9.88. The Labute approximate surface area is 213 Å². The Morgan fingerprint density at radius 2 is 1.83 bits per heavy atom. The zero-order chi connectivity index (χ0) is 26.8. The fourth-order valence-electron chi connectivity index (χ4n) is 4.68. The van der Waals surface area contributed by atoms with E-state index in [1.165, 1.54) is 19.3 Å². The van der Waals surface area contributed by atoms with E-state index in [0.717, 1.165) is 5.56 Å². The smallest absolute Gasteiger partial charge is 0.405 e. The first-order chi connectivity index (χ1) is 17.0. The SMILES string of the molecule is CO[C@H]1C[C@H](C)Cc2cc(O)cc(c2)NC(=O)/C=C/CC[C@H](OC)[C@@H](OC(N)=O)/C(C)=C/[C@H](C)[C@H]1O. The highest BCUT2D eigenvalue weighted by atomic mass is 16.6. The molecule has 1 aliphatic heterocycles. The van der Waals surface area contributed by atoms with Crippen LogP contribution in [0.2, 0.25) is 0 Å². The number of fused-ring (bicyclic) bond motifs is 2. The number of rotatable bonds is 3. The molecule has 0 fully saturated rings. The maximum atomic E-state index is 12.4. The summed E-state index contributed by atoms with van der Waals surface area (Å²) < 4.78 is 16.6. The topological polar surface area (TPSA) is 140 Å². The Balaban J connectivity index is 2.41. The number of aliphatic hydroxyl groups excluding tert-OH is 1. The summed E-state index contributed by atoms with van der Waals surface area (Å²) in [5.41, 5.74) is 7.38. The molecule has 0 unspecified atom stereocenters. The minimum Gasteiger partial charge on any atom is -0.508 e. The molecule has 1 heterocycles. The van der Waals surface area contributed by atoms with Gasteiger partial charge in [-0.25, -0.2) is 4.79 Å². The molecule has 36 heavy (non-hydrogen) atoms. The summed E-state index contributed by atoms with van der Waals surface area (Å²) in [5.74, 6) is -0.470. The first kappa shape index (κ1) is 29.4. The number of hydrogen-bond acceptors (Lipinski definition) is 7. The van der Waals surface area contributed by atoms with E-state index in [1.807, 2.05) is 26.0 Å². The fourth-order valence-corrected chi connectivity index (χ4v) is 4.68. The number of phenols is 1. The normalized spacial score (nSPS) is 31.1. The highest BCUT2D eigenvalue weighted by Crippen LogP contribution is 2.27. The summed E-state index contributed by atoms with van der Waals surface area (Å²) in [4.78, 5) is 24.0. The molecule has 0 aliphatic carbocycles. The third-order valence-corrected chi connectivity index (χ3v) is 6.43. The van der Waals surface area contributed by atoms with E-state index < -0.39 is 30.5 Å². The Morgan fingerprint density at radius 3 is 2.47 bits per heavy atom. The molecule has 2 bridgehead atoms. The van der Waals surface area contributed by atoms with Gasteiger partial charge in [0.15, 0.2) is 6.10 Å². The Bertz CT molecular complexity index is 946. The number of primary amides is 1. The second-order valence-corrected chi connectivity index (χ2v) is 9.57. The molecule has 0 saturated carbocycles. The number of anilines is 1. The standard InChI is InChI=1S/C27H40N2O7/c1-16-10-19-13-20(15-21(30)14-19)29-24(31)9-7-6-8-22(34-4)26(36-27(28)33)18(3)12-17(2)25(32)23(11-16)35-5/h7,9,12-17,22-23,25-26,30,32H,6,8,10-11H2,1-5H3,(H2,28,33)(H,29,31)/b9-7+,18-12+/t16-,17+,22+,23+,25-,26+/m1/s1. The Kier molecular flexibility index (Phi) is 11.4. The third-order valence-electron chi connectivity index (χ3n) is 6.43. The van der Waals surface area contributed by atoms with E-state index in [0.29, 0.717) is 36.9 Å². The van der Waals surface area contributed by atoms with Crippen LogP contribution >= 0.6 is 0 Å². The molecule has 5 N–H and O–H groups in total. The summed E-state index contributed by atoms with van der Waals surface area (Å²) in [7, 11) is 3.08. The third kappa shape index (κ3) is 8.96. The fraction of sp³-hybridized carbons (Fsp3) is 0.556. The van der Waals surface area contributed by atoms with Crippen LogP contribution in [0.1, 0.15) is 45.6 Å².